The smallest absolute Gasteiger partial charge is 0.113 e. The molecule has 13 heavy (non-hydrogen) atoms. The lowest BCUT2D eigenvalue weighted by Gasteiger charge is -2.12. The Morgan fingerprint density at radius 2 is 2.31 bits per heavy atom. The van der Waals surface area contributed by atoms with Gasteiger partial charge < -0.3 is 9.84 Å². The lowest BCUT2D eigenvalue weighted by atomic mass is 10.2. The zero-order valence-corrected chi connectivity index (χ0v) is 8.97. The molecule has 0 aromatic carbocycles. The first kappa shape index (κ1) is 10.6. The van der Waals surface area contributed by atoms with Gasteiger partial charge in [0.1, 0.15) is 6.10 Å². The van der Waals surface area contributed by atoms with Crippen molar-refractivity contribution >= 4 is 11.3 Å². The standard InChI is InChI=1S/C9H15NO2S/c1-6(2)12-4-8(11)9-7(3)10-5-13-9/h5-6,8,11H,4H2,1-3H3. The Hall–Kier alpha value is -0.450. The average Bonchev–Trinajstić information content (AvgIpc) is 2.47. The van der Waals surface area contributed by atoms with E-state index < -0.39 is 6.10 Å². The first-order valence-electron chi connectivity index (χ1n) is 4.31. The van der Waals surface area contributed by atoms with Gasteiger partial charge in [0.2, 0.25) is 0 Å². The van der Waals surface area contributed by atoms with Gasteiger partial charge in [0, 0.05) is 0 Å². The summed E-state index contributed by atoms with van der Waals surface area (Å²) < 4.78 is 5.31. The molecule has 0 fully saturated rings. The molecule has 1 unspecified atom stereocenters. The van der Waals surface area contributed by atoms with Crippen LogP contribution in [0.1, 0.15) is 30.5 Å². The molecule has 0 bridgehead atoms. The predicted molar refractivity (Wildman–Crippen MR) is 52.9 cm³/mol. The van der Waals surface area contributed by atoms with Gasteiger partial charge in [0.25, 0.3) is 0 Å². The van der Waals surface area contributed by atoms with E-state index in [1.54, 1.807) is 5.51 Å². The third kappa shape index (κ3) is 3.06. The van der Waals surface area contributed by atoms with Gasteiger partial charge in [0.05, 0.1) is 28.8 Å². The summed E-state index contributed by atoms with van der Waals surface area (Å²) in [5.41, 5.74) is 2.63. The maximum absolute atomic E-state index is 9.68. The molecule has 1 aromatic rings. The highest BCUT2D eigenvalue weighted by Gasteiger charge is 2.13. The Morgan fingerprint density at radius 1 is 1.62 bits per heavy atom. The summed E-state index contributed by atoms with van der Waals surface area (Å²) in [6.07, 6.45) is -0.377. The Kier molecular flexibility index (Phi) is 3.84. The van der Waals surface area contributed by atoms with Crippen LogP contribution in [-0.4, -0.2) is 22.8 Å². The van der Waals surface area contributed by atoms with E-state index in [9.17, 15) is 5.11 Å². The van der Waals surface area contributed by atoms with Gasteiger partial charge in [-0.25, -0.2) is 4.98 Å². The van der Waals surface area contributed by atoms with Gasteiger partial charge in [-0.3, -0.25) is 0 Å². The second kappa shape index (κ2) is 4.69. The summed E-state index contributed by atoms with van der Waals surface area (Å²) >= 11 is 1.47. The molecule has 1 heterocycles. The van der Waals surface area contributed by atoms with Crippen molar-refractivity contribution in [2.24, 2.45) is 0 Å². The molecule has 0 radical (unpaired) electrons. The van der Waals surface area contributed by atoms with Gasteiger partial charge in [-0.15, -0.1) is 11.3 Å². The van der Waals surface area contributed by atoms with Crippen molar-refractivity contribution in [3.05, 3.63) is 16.1 Å². The minimum absolute atomic E-state index is 0.155. The number of aromatic nitrogens is 1. The van der Waals surface area contributed by atoms with Crippen molar-refractivity contribution in [2.75, 3.05) is 6.61 Å². The SMILES string of the molecule is Cc1ncsc1C(O)COC(C)C. The first-order valence-corrected chi connectivity index (χ1v) is 5.19. The highest BCUT2D eigenvalue weighted by Crippen LogP contribution is 2.21. The summed E-state index contributed by atoms with van der Waals surface area (Å²) in [6, 6.07) is 0. The van der Waals surface area contributed by atoms with Crippen LogP contribution in [0.3, 0.4) is 0 Å². The molecule has 74 valence electrons. The predicted octanol–water partition coefficient (Wildman–Crippen LogP) is 1.91. The number of hydrogen-bond donors (Lipinski definition) is 1. The van der Waals surface area contributed by atoms with E-state index in [2.05, 4.69) is 4.98 Å². The van der Waals surface area contributed by atoms with E-state index in [1.807, 2.05) is 20.8 Å². The maximum Gasteiger partial charge on any atom is 0.113 e. The summed E-state index contributed by atoms with van der Waals surface area (Å²) in [5, 5.41) is 9.68. The maximum atomic E-state index is 9.68. The topological polar surface area (TPSA) is 42.4 Å². The van der Waals surface area contributed by atoms with Crippen LogP contribution in [0, 0.1) is 6.92 Å². The summed E-state index contributed by atoms with van der Waals surface area (Å²) in [5.74, 6) is 0. The fraction of sp³-hybridized carbons (Fsp3) is 0.667. The molecule has 1 atom stereocenters. The number of aliphatic hydroxyl groups is 1. The van der Waals surface area contributed by atoms with Crippen LogP contribution >= 0.6 is 11.3 Å². The summed E-state index contributed by atoms with van der Waals surface area (Å²) in [6.45, 7) is 6.14. The second-order valence-electron chi connectivity index (χ2n) is 3.20. The molecule has 0 aliphatic heterocycles. The zero-order valence-electron chi connectivity index (χ0n) is 8.15. The van der Waals surface area contributed by atoms with Crippen LogP contribution in [0.4, 0.5) is 0 Å². The molecule has 1 N–H and O–H groups in total. The van der Waals surface area contributed by atoms with Crippen LogP contribution < -0.4 is 0 Å². The minimum atomic E-state index is -0.533. The average molecular weight is 201 g/mol. The Balaban J connectivity index is 2.49. The number of ether oxygens (including phenoxy) is 1. The van der Waals surface area contributed by atoms with Crippen LogP contribution in [-0.2, 0) is 4.74 Å². The van der Waals surface area contributed by atoms with Gasteiger partial charge in [-0.1, -0.05) is 0 Å². The van der Waals surface area contributed by atoms with Crippen LogP contribution in [0.5, 0.6) is 0 Å². The monoisotopic (exact) mass is 201 g/mol. The molecule has 0 saturated heterocycles. The molecule has 0 saturated carbocycles. The number of aliphatic hydroxyl groups excluding tert-OH is 1. The molecular weight excluding hydrogens is 186 g/mol. The lowest BCUT2D eigenvalue weighted by Crippen LogP contribution is -2.11. The fourth-order valence-electron chi connectivity index (χ4n) is 0.990. The number of nitrogens with zero attached hydrogens (tertiary/aromatic N) is 1. The van der Waals surface area contributed by atoms with Crippen LogP contribution in [0.15, 0.2) is 5.51 Å². The van der Waals surface area contributed by atoms with E-state index in [1.165, 1.54) is 11.3 Å². The third-order valence-electron chi connectivity index (χ3n) is 1.67. The largest absolute Gasteiger partial charge is 0.385 e. The molecule has 0 amide bonds. The van der Waals surface area contributed by atoms with E-state index >= 15 is 0 Å². The second-order valence-corrected chi connectivity index (χ2v) is 4.09. The van der Waals surface area contributed by atoms with Crippen molar-refractivity contribution in [2.45, 2.75) is 33.0 Å². The number of rotatable bonds is 4. The van der Waals surface area contributed by atoms with E-state index in [0.717, 1.165) is 10.6 Å². The molecular formula is C9H15NO2S. The Labute approximate surface area is 82.4 Å². The van der Waals surface area contributed by atoms with E-state index in [0.29, 0.717) is 6.61 Å². The first-order chi connectivity index (χ1) is 6.11. The van der Waals surface area contributed by atoms with Gasteiger partial charge >= 0.3 is 0 Å². The molecule has 0 aliphatic carbocycles. The highest BCUT2D eigenvalue weighted by atomic mass is 32.1. The normalized spacial score (nSPS) is 13.6. The van der Waals surface area contributed by atoms with Crippen molar-refractivity contribution in [1.82, 2.24) is 4.98 Å². The molecule has 0 spiro atoms. The molecule has 0 aliphatic rings. The van der Waals surface area contributed by atoms with Crippen molar-refractivity contribution in [1.29, 1.82) is 0 Å². The molecule has 4 heteroatoms. The quantitative estimate of drug-likeness (QED) is 0.809. The minimum Gasteiger partial charge on any atom is -0.385 e. The van der Waals surface area contributed by atoms with Gasteiger partial charge in [-0.2, -0.15) is 0 Å². The number of thiazole rings is 1. The summed E-state index contributed by atoms with van der Waals surface area (Å²) in [4.78, 5) is 4.97. The van der Waals surface area contributed by atoms with E-state index in [4.69, 9.17) is 4.74 Å². The van der Waals surface area contributed by atoms with E-state index in [-0.39, 0.29) is 6.10 Å². The summed E-state index contributed by atoms with van der Waals surface area (Å²) in [7, 11) is 0. The number of hydrogen-bond acceptors (Lipinski definition) is 4. The molecule has 1 aromatic heterocycles. The van der Waals surface area contributed by atoms with Gasteiger partial charge in [0.15, 0.2) is 0 Å². The Morgan fingerprint density at radius 3 is 2.77 bits per heavy atom. The van der Waals surface area contributed by atoms with Crippen LogP contribution in [0.25, 0.3) is 0 Å². The fourth-order valence-corrected chi connectivity index (χ4v) is 1.76. The lowest BCUT2D eigenvalue weighted by molar-refractivity contribution is 0.00603. The third-order valence-corrected chi connectivity index (χ3v) is 2.70. The molecule has 1 rings (SSSR count). The van der Waals surface area contributed by atoms with Gasteiger partial charge in [-0.05, 0) is 20.8 Å². The van der Waals surface area contributed by atoms with Crippen molar-refractivity contribution in [3.8, 4) is 0 Å². The van der Waals surface area contributed by atoms with Crippen molar-refractivity contribution in [3.63, 3.8) is 0 Å². The van der Waals surface area contributed by atoms with Crippen LogP contribution in [0.2, 0.25) is 0 Å². The zero-order chi connectivity index (χ0) is 9.84. The highest BCUT2D eigenvalue weighted by molar-refractivity contribution is 7.09. The number of aryl methyl sites for hydroxylation is 1. The Bertz CT molecular complexity index is 260. The molecule has 3 nitrogen and oxygen atoms in total. The van der Waals surface area contributed by atoms with Crippen molar-refractivity contribution < 1.29 is 9.84 Å².